The lowest BCUT2D eigenvalue weighted by Gasteiger charge is -2.39. The van der Waals surface area contributed by atoms with E-state index in [-0.39, 0.29) is 13.2 Å². The smallest absolute Gasteiger partial charge is 0.410 e. The van der Waals surface area contributed by atoms with E-state index < -0.39 is 17.7 Å². The molecule has 0 aliphatic carbocycles. The van der Waals surface area contributed by atoms with Crippen LogP contribution in [-0.2, 0) is 20.9 Å². The summed E-state index contributed by atoms with van der Waals surface area (Å²) in [6, 6.07) is 21.3. The lowest BCUT2D eigenvalue weighted by atomic mass is 9.86. The van der Waals surface area contributed by atoms with Crippen LogP contribution in [0.1, 0.15) is 35.1 Å². The van der Waals surface area contributed by atoms with Crippen molar-refractivity contribution in [1.82, 2.24) is 4.90 Å². The van der Waals surface area contributed by atoms with Gasteiger partial charge in [-0.15, -0.1) is 0 Å². The first-order valence-electron chi connectivity index (χ1n) is 12.3. The van der Waals surface area contributed by atoms with Gasteiger partial charge in [0.05, 0.1) is 17.8 Å². The molecule has 1 atom stereocenters. The van der Waals surface area contributed by atoms with Crippen LogP contribution in [0.4, 0.5) is 4.79 Å². The average Bonchev–Trinajstić information content (AvgIpc) is 3.12. The Morgan fingerprint density at radius 1 is 1.08 bits per heavy atom. The number of piperidine rings is 1. The third kappa shape index (κ3) is 4.81. The Morgan fingerprint density at radius 2 is 1.86 bits per heavy atom. The van der Waals surface area contributed by atoms with Crippen molar-refractivity contribution in [1.29, 1.82) is 0 Å². The molecule has 2 heterocycles. The number of amides is 1. The highest BCUT2D eigenvalue weighted by Crippen LogP contribution is 2.43. The van der Waals surface area contributed by atoms with Gasteiger partial charge in [0.2, 0.25) is 0 Å². The second-order valence-corrected chi connectivity index (χ2v) is 10.2. The normalized spacial score (nSPS) is 19.3. The first kappa shape index (κ1) is 24.9. The fourth-order valence-corrected chi connectivity index (χ4v) is 5.43. The van der Waals surface area contributed by atoms with Crippen LogP contribution in [0.2, 0.25) is 5.02 Å². The molecule has 190 valence electrons. The van der Waals surface area contributed by atoms with Crippen molar-refractivity contribution < 1.29 is 19.1 Å². The Labute approximate surface area is 221 Å². The second-order valence-electron chi connectivity index (χ2n) is 9.75. The summed E-state index contributed by atoms with van der Waals surface area (Å²) in [5.74, 6) is -0.500. The van der Waals surface area contributed by atoms with E-state index in [1.54, 1.807) is 11.0 Å². The summed E-state index contributed by atoms with van der Waals surface area (Å²) >= 11 is 6.70. The van der Waals surface area contributed by atoms with E-state index in [0.717, 1.165) is 27.8 Å². The molecule has 5 rings (SSSR count). The molecule has 2 aliphatic heterocycles. The van der Waals surface area contributed by atoms with Gasteiger partial charge in [-0.1, -0.05) is 71.8 Å². The molecule has 0 aromatic heterocycles. The van der Waals surface area contributed by atoms with Gasteiger partial charge >= 0.3 is 12.1 Å². The summed E-state index contributed by atoms with van der Waals surface area (Å²) in [5, 5.41) is 0.523. The van der Waals surface area contributed by atoms with E-state index in [0.29, 0.717) is 41.2 Å². The third-order valence-corrected chi connectivity index (χ3v) is 7.40. The third-order valence-electron chi connectivity index (χ3n) is 7.08. The lowest BCUT2D eigenvalue weighted by Crippen LogP contribution is -2.53. The molecule has 1 amide bonds. The molecule has 1 unspecified atom stereocenters. The van der Waals surface area contributed by atoms with Crippen molar-refractivity contribution in [3.8, 4) is 11.1 Å². The average molecular weight is 517 g/mol. The summed E-state index contributed by atoms with van der Waals surface area (Å²) in [4.78, 5) is 27.6. The maximum Gasteiger partial charge on any atom is 0.410 e. The molecule has 6 nitrogen and oxygen atoms in total. The predicted molar refractivity (Wildman–Crippen MR) is 144 cm³/mol. The van der Waals surface area contributed by atoms with Gasteiger partial charge in [-0.05, 0) is 61.1 Å². The van der Waals surface area contributed by atoms with E-state index in [4.69, 9.17) is 26.8 Å². The van der Waals surface area contributed by atoms with E-state index in [1.165, 1.54) is 0 Å². The minimum Gasteiger partial charge on any atom is -0.447 e. The van der Waals surface area contributed by atoms with Gasteiger partial charge in [-0.2, -0.15) is 0 Å². The fraction of sp³-hybridized carbons (Fsp3) is 0.267. The zero-order valence-corrected chi connectivity index (χ0v) is 21.7. The van der Waals surface area contributed by atoms with Gasteiger partial charge in [-0.25, -0.2) is 9.59 Å². The highest BCUT2D eigenvalue weighted by Gasteiger charge is 2.50. The summed E-state index contributed by atoms with van der Waals surface area (Å²) < 4.78 is 11.4. The Hall–Kier alpha value is -3.77. The zero-order valence-electron chi connectivity index (χ0n) is 20.9. The molecule has 1 saturated heterocycles. The van der Waals surface area contributed by atoms with Gasteiger partial charge in [0, 0.05) is 17.1 Å². The molecular formula is C30H29ClN2O4. The van der Waals surface area contributed by atoms with Gasteiger partial charge < -0.3 is 20.1 Å². The van der Waals surface area contributed by atoms with Crippen LogP contribution in [0.15, 0.2) is 72.4 Å². The maximum absolute atomic E-state index is 13.2. The van der Waals surface area contributed by atoms with Gasteiger partial charge in [0.15, 0.2) is 5.60 Å². The lowest BCUT2D eigenvalue weighted by molar-refractivity contribution is -0.149. The van der Waals surface area contributed by atoms with Crippen LogP contribution >= 0.6 is 11.6 Å². The molecule has 0 saturated carbocycles. The monoisotopic (exact) mass is 516 g/mol. The SMILES string of the molecule is Cc1cccc(-c2cc(C)c(C3=C(N)C4(CCCN(C(=O)OCc5ccccc5)C4)OC3=O)cc2Cl)c1. The highest BCUT2D eigenvalue weighted by atomic mass is 35.5. The number of aryl methyl sites for hydroxylation is 2. The molecule has 7 heteroatoms. The molecular weight excluding hydrogens is 488 g/mol. The molecule has 0 bridgehead atoms. The van der Waals surface area contributed by atoms with Crippen LogP contribution in [0.5, 0.6) is 0 Å². The fourth-order valence-electron chi connectivity index (χ4n) is 5.15. The second kappa shape index (κ2) is 9.94. The Bertz CT molecular complexity index is 1400. The standard InChI is InChI=1S/C30H29ClN2O4/c1-19-8-6-11-22(14-19)24-15-20(2)23(16-25(24)31)26-27(32)30(37-28(26)34)12-7-13-33(18-30)29(35)36-17-21-9-4-3-5-10-21/h3-6,8-11,14-16H,7,12-13,17-18,32H2,1-2H3. The maximum atomic E-state index is 13.2. The number of nitrogens with zero attached hydrogens (tertiary/aromatic N) is 1. The quantitative estimate of drug-likeness (QED) is 0.429. The van der Waals surface area contributed by atoms with E-state index in [1.807, 2.05) is 68.4 Å². The molecule has 3 aromatic carbocycles. The first-order chi connectivity index (χ1) is 17.8. The summed E-state index contributed by atoms with van der Waals surface area (Å²) in [5.41, 5.74) is 11.6. The van der Waals surface area contributed by atoms with Crippen LogP contribution in [0.25, 0.3) is 16.7 Å². The van der Waals surface area contributed by atoms with Crippen LogP contribution in [0, 0.1) is 13.8 Å². The number of likely N-dealkylation sites (tertiary alicyclic amines) is 1. The number of nitrogens with two attached hydrogens (primary N) is 1. The zero-order chi connectivity index (χ0) is 26.2. The van der Waals surface area contributed by atoms with Crippen molar-refractivity contribution in [2.45, 2.75) is 38.9 Å². The Balaban J connectivity index is 1.41. The van der Waals surface area contributed by atoms with Crippen molar-refractivity contribution in [3.63, 3.8) is 0 Å². The van der Waals surface area contributed by atoms with Crippen molar-refractivity contribution in [3.05, 3.63) is 99.7 Å². The van der Waals surface area contributed by atoms with Crippen molar-refractivity contribution in [2.75, 3.05) is 13.1 Å². The van der Waals surface area contributed by atoms with Crippen LogP contribution in [-0.4, -0.2) is 35.7 Å². The van der Waals surface area contributed by atoms with E-state index >= 15 is 0 Å². The molecule has 3 aromatic rings. The molecule has 2 aliphatic rings. The summed E-state index contributed by atoms with van der Waals surface area (Å²) in [7, 11) is 0. The number of carbonyl (C=O) groups is 2. The van der Waals surface area contributed by atoms with Gasteiger partial charge in [-0.3, -0.25) is 0 Å². The molecule has 2 N–H and O–H groups in total. The number of esters is 1. The number of halogens is 1. The summed E-state index contributed by atoms with van der Waals surface area (Å²) in [6.07, 6.45) is 0.709. The van der Waals surface area contributed by atoms with E-state index in [2.05, 4.69) is 6.07 Å². The van der Waals surface area contributed by atoms with Gasteiger partial charge in [0.1, 0.15) is 6.61 Å². The topological polar surface area (TPSA) is 81.9 Å². The van der Waals surface area contributed by atoms with Gasteiger partial charge in [0.25, 0.3) is 0 Å². The largest absolute Gasteiger partial charge is 0.447 e. The molecule has 1 spiro atoms. The minimum atomic E-state index is -1.08. The number of rotatable bonds is 4. The molecule has 1 fully saturated rings. The van der Waals surface area contributed by atoms with Crippen LogP contribution in [0.3, 0.4) is 0 Å². The van der Waals surface area contributed by atoms with Crippen LogP contribution < -0.4 is 5.73 Å². The number of hydrogen-bond acceptors (Lipinski definition) is 5. The number of benzene rings is 3. The Kier molecular flexibility index (Phi) is 6.69. The minimum absolute atomic E-state index is 0.149. The highest BCUT2D eigenvalue weighted by molar-refractivity contribution is 6.34. The van der Waals surface area contributed by atoms with Crippen molar-refractivity contribution in [2.24, 2.45) is 5.73 Å². The number of ether oxygens (including phenoxy) is 2. The number of carbonyl (C=O) groups excluding carboxylic acids is 2. The first-order valence-corrected chi connectivity index (χ1v) is 12.7. The Morgan fingerprint density at radius 3 is 2.62 bits per heavy atom. The van der Waals surface area contributed by atoms with Crippen molar-refractivity contribution >= 4 is 29.2 Å². The van der Waals surface area contributed by atoms with E-state index in [9.17, 15) is 9.59 Å². The molecule has 0 radical (unpaired) electrons. The summed E-state index contributed by atoms with van der Waals surface area (Å²) in [6.45, 7) is 4.78. The number of hydrogen-bond donors (Lipinski definition) is 1. The predicted octanol–water partition coefficient (Wildman–Crippen LogP) is 6.02. The molecule has 37 heavy (non-hydrogen) atoms.